The second kappa shape index (κ2) is 7.26. The first kappa shape index (κ1) is 17.9. The molecule has 1 saturated carbocycles. The molecule has 0 amide bonds. The van der Waals surface area contributed by atoms with E-state index in [1.165, 1.54) is 5.56 Å². The molecule has 142 valence electrons. The predicted molar refractivity (Wildman–Crippen MR) is 104 cm³/mol. The lowest BCUT2D eigenvalue weighted by atomic mass is 9.85. The summed E-state index contributed by atoms with van der Waals surface area (Å²) in [6.07, 6.45) is 8.81. The zero-order valence-electron chi connectivity index (χ0n) is 15.7. The molecule has 27 heavy (non-hydrogen) atoms. The minimum absolute atomic E-state index is 0.00267. The molecular weight excluding hydrogens is 340 g/mol. The van der Waals surface area contributed by atoms with E-state index >= 15 is 0 Å². The van der Waals surface area contributed by atoms with Crippen molar-refractivity contribution in [3.63, 3.8) is 0 Å². The highest BCUT2D eigenvalue weighted by Gasteiger charge is 2.45. The van der Waals surface area contributed by atoms with E-state index in [4.69, 9.17) is 9.15 Å². The summed E-state index contributed by atoms with van der Waals surface area (Å²) in [5.41, 5.74) is 0.216. The maximum absolute atomic E-state index is 12.9. The van der Waals surface area contributed by atoms with Crippen molar-refractivity contribution < 1.29 is 14.3 Å². The average molecular weight is 366 g/mol. The fourth-order valence-corrected chi connectivity index (χ4v) is 4.11. The molecule has 4 nitrogen and oxygen atoms in total. The molecule has 1 aliphatic heterocycles. The van der Waals surface area contributed by atoms with Gasteiger partial charge in [-0.3, -0.25) is 0 Å². The Hall–Kier alpha value is -2.49. The van der Waals surface area contributed by atoms with Crippen LogP contribution in [0, 0.1) is 5.92 Å². The maximum Gasteiger partial charge on any atom is 0.347 e. The first-order chi connectivity index (χ1) is 13.1. The Morgan fingerprint density at radius 2 is 2.04 bits per heavy atom. The van der Waals surface area contributed by atoms with E-state index in [0.717, 1.165) is 32.1 Å². The third kappa shape index (κ3) is 3.66. The molecule has 2 unspecified atom stereocenters. The van der Waals surface area contributed by atoms with E-state index < -0.39 is 11.2 Å². The minimum Gasteiger partial charge on any atom is -0.507 e. The van der Waals surface area contributed by atoms with Gasteiger partial charge in [-0.25, -0.2) is 4.79 Å². The van der Waals surface area contributed by atoms with Gasteiger partial charge in [0.15, 0.2) is 0 Å². The lowest BCUT2D eigenvalue weighted by Gasteiger charge is -2.29. The number of ether oxygens (including phenoxy) is 1. The Morgan fingerprint density at radius 3 is 2.63 bits per heavy atom. The van der Waals surface area contributed by atoms with Gasteiger partial charge in [0.05, 0.1) is 6.26 Å². The Balaban J connectivity index is 1.65. The highest BCUT2D eigenvalue weighted by Crippen LogP contribution is 2.48. The van der Waals surface area contributed by atoms with E-state index in [1.807, 2.05) is 24.3 Å². The molecule has 4 rings (SSSR count). The van der Waals surface area contributed by atoms with Crippen molar-refractivity contribution in [2.24, 2.45) is 5.92 Å². The van der Waals surface area contributed by atoms with Crippen LogP contribution in [0.15, 0.2) is 57.9 Å². The molecule has 1 aromatic heterocycles. The van der Waals surface area contributed by atoms with Crippen LogP contribution < -0.4 is 5.63 Å². The number of benzene rings is 1. The van der Waals surface area contributed by atoms with Crippen LogP contribution in [0.2, 0.25) is 0 Å². The van der Waals surface area contributed by atoms with Crippen molar-refractivity contribution in [3.8, 4) is 5.75 Å². The monoisotopic (exact) mass is 366 g/mol. The summed E-state index contributed by atoms with van der Waals surface area (Å²) >= 11 is 0. The van der Waals surface area contributed by atoms with Crippen molar-refractivity contribution in [2.75, 3.05) is 0 Å². The van der Waals surface area contributed by atoms with Crippen molar-refractivity contribution in [3.05, 3.63) is 76.0 Å². The topological polar surface area (TPSA) is 59.7 Å². The molecule has 4 heteroatoms. The zero-order valence-corrected chi connectivity index (χ0v) is 15.7. The second-order valence-electron chi connectivity index (χ2n) is 7.83. The molecule has 0 bridgehead atoms. The van der Waals surface area contributed by atoms with E-state index in [-0.39, 0.29) is 17.2 Å². The van der Waals surface area contributed by atoms with E-state index in [9.17, 15) is 9.90 Å². The third-order valence-corrected chi connectivity index (χ3v) is 5.78. The molecule has 0 saturated heterocycles. The second-order valence-corrected chi connectivity index (χ2v) is 7.83. The Kier molecular flexibility index (Phi) is 4.81. The smallest absolute Gasteiger partial charge is 0.347 e. The fourth-order valence-electron chi connectivity index (χ4n) is 4.11. The quantitative estimate of drug-likeness (QED) is 0.748. The number of rotatable bonds is 7. The van der Waals surface area contributed by atoms with Gasteiger partial charge in [0.1, 0.15) is 22.7 Å². The van der Waals surface area contributed by atoms with Gasteiger partial charge in [0, 0.05) is 18.4 Å². The summed E-state index contributed by atoms with van der Waals surface area (Å²) in [5, 5.41) is 10.8. The van der Waals surface area contributed by atoms with E-state index in [2.05, 4.69) is 19.1 Å². The lowest BCUT2D eigenvalue weighted by Crippen LogP contribution is -2.32. The van der Waals surface area contributed by atoms with Gasteiger partial charge in [0.25, 0.3) is 0 Å². The van der Waals surface area contributed by atoms with Gasteiger partial charge in [-0.05, 0) is 36.8 Å². The molecule has 2 atom stereocenters. The SMILES string of the molecule is CCC(Cc1ccccc1)c1cc(O)c(C2(CC3CC3)CC=CO2)c(=O)o1. The fraction of sp³-hybridized carbons (Fsp3) is 0.435. The van der Waals surface area contributed by atoms with Crippen LogP contribution in [-0.2, 0) is 16.8 Å². The minimum atomic E-state index is -0.772. The third-order valence-electron chi connectivity index (χ3n) is 5.78. The number of hydrogen-bond donors (Lipinski definition) is 1. The van der Waals surface area contributed by atoms with Crippen LogP contribution in [0.3, 0.4) is 0 Å². The normalized spacial score (nSPS) is 22.6. The van der Waals surface area contributed by atoms with Gasteiger partial charge < -0.3 is 14.3 Å². The van der Waals surface area contributed by atoms with Crippen molar-refractivity contribution in [1.82, 2.24) is 0 Å². The molecule has 1 fully saturated rings. The van der Waals surface area contributed by atoms with E-state index in [1.54, 1.807) is 12.3 Å². The van der Waals surface area contributed by atoms with Gasteiger partial charge in [0.2, 0.25) is 0 Å². The van der Waals surface area contributed by atoms with Crippen LogP contribution in [-0.4, -0.2) is 5.11 Å². The molecular formula is C23H26O4. The maximum atomic E-state index is 12.9. The molecule has 1 N–H and O–H groups in total. The summed E-state index contributed by atoms with van der Waals surface area (Å²) in [6.45, 7) is 2.07. The molecule has 0 spiro atoms. The largest absolute Gasteiger partial charge is 0.507 e. The van der Waals surface area contributed by atoms with Crippen LogP contribution >= 0.6 is 0 Å². The van der Waals surface area contributed by atoms with Gasteiger partial charge >= 0.3 is 5.63 Å². The highest BCUT2D eigenvalue weighted by molar-refractivity contribution is 5.38. The van der Waals surface area contributed by atoms with Gasteiger partial charge in [-0.15, -0.1) is 0 Å². The number of hydrogen-bond acceptors (Lipinski definition) is 4. The molecule has 2 aliphatic rings. The molecule has 1 aliphatic carbocycles. The van der Waals surface area contributed by atoms with Crippen LogP contribution in [0.4, 0.5) is 0 Å². The summed E-state index contributed by atoms with van der Waals surface area (Å²) in [6, 6.07) is 11.8. The van der Waals surface area contributed by atoms with Crippen molar-refractivity contribution in [1.29, 1.82) is 0 Å². The summed E-state index contributed by atoms with van der Waals surface area (Å²) in [4.78, 5) is 12.9. The zero-order chi connectivity index (χ0) is 18.9. The molecule has 2 aromatic rings. The standard InChI is InChI=1S/C23H26O4/c1-2-18(13-16-7-4-3-5-8-16)20-14-19(24)21(22(25)27-20)23(11-6-12-26-23)15-17-9-10-17/h3-8,12,14,17-18,24H,2,9-11,13,15H2,1H3. The van der Waals surface area contributed by atoms with Gasteiger partial charge in [-0.1, -0.05) is 50.1 Å². The van der Waals surface area contributed by atoms with E-state index in [0.29, 0.717) is 18.1 Å². The molecule has 0 radical (unpaired) electrons. The summed E-state index contributed by atoms with van der Waals surface area (Å²) in [5.74, 6) is 1.14. The molecule has 1 aromatic carbocycles. The van der Waals surface area contributed by atoms with Crippen LogP contribution in [0.1, 0.15) is 61.8 Å². The predicted octanol–water partition coefficient (Wildman–Crippen LogP) is 5.01. The lowest BCUT2D eigenvalue weighted by molar-refractivity contribution is 0.0210. The Labute approximate surface area is 159 Å². The Morgan fingerprint density at radius 1 is 1.26 bits per heavy atom. The Bertz CT molecular complexity index is 869. The summed E-state index contributed by atoms with van der Waals surface area (Å²) < 4.78 is 11.6. The first-order valence-electron chi connectivity index (χ1n) is 9.85. The number of aromatic hydroxyl groups is 1. The molecule has 2 heterocycles. The average Bonchev–Trinajstić information content (AvgIpc) is 3.35. The highest BCUT2D eigenvalue weighted by atomic mass is 16.5. The van der Waals surface area contributed by atoms with Crippen molar-refractivity contribution in [2.45, 2.75) is 57.0 Å². The van der Waals surface area contributed by atoms with Gasteiger partial charge in [-0.2, -0.15) is 0 Å². The first-order valence-corrected chi connectivity index (χ1v) is 9.85. The van der Waals surface area contributed by atoms with Crippen LogP contribution in [0.25, 0.3) is 0 Å². The van der Waals surface area contributed by atoms with Crippen molar-refractivity contribution >= 4 is 0 Å². The summed E-state index contributed by atoms with van der Waals surface area (Å²) in [7, 11) is 0. The van der Waals surface area contributed by atoms with Crippen LogP contribution in [0.5, 0.6) is 5.75 Å².